The monoisotopic (exact) mass is 454 g/mol. The van der Waals surface area contributed by atoms with Crippen LogP contribution in [0.3, 0.4) is 0 Å². The van der Waals surface area contributed by atoms with E-state index in [9.17, 15) is 13.2 Å². The number of carbonyl (C=O) groups is 1. The fraction of sp³-hybridized carbons (Fsp3) is 0.500. The maximum atomic E-state index is 13.8. The Bertz CT molecular complexity index is 1080. The van der Waals surface area contributed by atoms with Crippen LogP contribution in [0.1, 0.15) is 61.8 Å². The topological polar surface area (TPSA) is 66.5 Å². The molecular formula is C26H34N2O3S. The van der Waals surface area contributed by atoms with Crippen molar-refractivity contribution in [2.45, 2.75) is 74.6 Å². The Labute approximate surface area is 192 Å². The molecule has 6 heteroatoms. The molecule has 1 N–H and O–H groups in total. The van der Waals surface area contributed by atoms with Gasteiger partial charge in [-0.15, -0.1) is 0 Å². The second kappa shape index (κ2) is 8.99. The summed E-state index contributed by atoms with van der Waals surface area (Å²) in [5.74, 6) is -0.310. The molecule has 2 atom stereocenters. The molecule has 1 saturated carbocycles. The van der Waals surface area contributed by atoms with E-state index in [4.69, 9.17) is 0 Å². The molecule has 0 aromatic heterocycles. The van der Waals surface area contributed by atoms with E-state index in [1.807, 2.05) is 44.2 Å². The summed E-state index contributed by atoms with van der Waals surface area (Å²) >= 11 is 0. The van der Waals surface area contributed by atoms with Gasteiger partial charge in [0.25, 0.3) is 0 Å². The number of amides is 1. The largest absolute Gasteiger partial charge is 0.351 e. The standard InChI is InChI=1S/C26H34N2O3S/c1-19-11-12-20(2)24(17-19)32(30,31)26(14-7-8-15-26)25(29)27-23-13-16-28(18-23)21(3)22-9-5-4-6-10-22/h4-6,9-12,17,21,23H,7-8,13-16,18H2,1-3H3,(H,27,29). The summed E-state index contributed by atoms with van der Waals surface area (Å²) in [6.07, 6.45) is 3.15. The van der Waals surface area contributed by atoms with Crippen molar-refractivity contribution in [2.75, 3.05) is 13.1 Å². The summed E-state index contributed by atoms with van der Waals surface area (Å²) < 4.78 is 26.3. The lowest BCUT2D eigenvalue weighted by Crippen LogP contribution is -2.53. The van der Waals surface area contributed by atoms with Crippen LogP contribution >= 0.6 is 0 Å². The first-order valence-electron chi connectivity index (χ1n) is 11.7. The molecule has 1 saturated heterocycles. The fourth-order valence-electron chi connectivity index (χ4n) is 5.29. The fourth-order valence-corrected chi connectivity index (χ4v) is 7.67. The average Bonchev–Trinajstić information content (AvgIpc) is 3.46. The molecule has 32 heavy (non-hydrogen) atoms. The van der Waals surface area contributed by atoms with Crippen LogP contribution in [0.4, 0.5) is 0 Å². The zero-order valence-corrected chi connectivity index (χ0v) is 20.1. The maximum absolute atomic E-state index is 13.8. The van der Waals surface area contributed by atoms with Crippen molar-refractivity contribution in [3.05, 3.63) is 65.2 Å². The first kappa shape index (κ1) is 23.0. The van der Waals surface area contributed by atoms with Crippen LogP contribution in [-0.2, 0) is 14.6 Å². The summed E-state index contributed by atoms with van der Waals surface area (Å²) in [6.45, 7) is 7.51. The summed E-state index contributed by atoms with van der Waals surface area (Å²) in [6, 6.07) is 16.1. The van der Waals surface area contributed by atoms with Gasteiger partial charge in [0.15, 0.2) is 14.6 Å². The van der Waals surface area contributed by atoms with Gasteiger partial charge >= 0.3 is 0 Å². The quantitative estimate of drug-likeness (QED) is 0.705. The second-order valence-corrected chi connectivity index (χ2v) is 11.7. The molecule has 172 valence electrons. The highest BCUT2D eigenvalue weighted by molar-refractivity contribution is 7.93. The Balaban J connectivity index is 1.53. The molecule has 1 aliphatic heterocycles. The van der Waals surface area contributed by atoms with Gasteiger partial charge < -0.3 is 5.32 Å². The molecular weight excluding hydrogens is 420 g/mol. The first-order valence-corrected chi connectivity index (χ1v) is 13.1. The number of hydrogen-bond acceptors (Lipinski definition) is 4. The van der Waals surface area contributed by atoms with Crippen LogP contribution in [0, 0.1) is 13.8 Å². The molecule has 2 aromatic rings. The van der Waals surface area contributed by atoms with Crippen molar-refractivity contribution in [3.63, 3.8) is 0 Å². The Morgan fingerprint density at radius 3 is 2.47 bits per heavy atom. The van der Waals surface area contributed by atoms with E-state index in [1.165, 1.54) is 5.56 Å². The van der Waals surface area contributed by atoms with E-state index in [1.54, 1.807) is 6.07 Å². The Hall–Kier alpha value is -2.18. The Kier molecular flexibility index (Phi) is 6.46. The van der Waals surface area contributed by atoms with Crippen LogP contribution < -0.4 is 5.32 Å². The third-order valence-corrected chi connectivity index (χ3v) is 10.00. The van der Waals surface area contributed by atoms with Gasteiger partial charge in [-0.3, -0.25) is 9.69 Å². The third kappa shape index (κ3) is 4.11. The van der Waals surface area contributed by atoms with Crippen molar-refractivity contribution >= 4 is 15.7 Å². The Morgan fingerprint density at radius 1 is 1.09 bits per heavy atom. The van der Waals surface area contributed by atoms with E-state index in [0.29, 0.717) is 23.3 Å². The van der Waals surface area contributed by atoms with Crippen LogP contribution in [0.5, 0.6) is 0 Å². The molecule has 1 aliphatic carbocycles. The van der Waals surface area contributed by atoms with Gasteiger partial charge in [0.05, 0.1) is 4.90 Å². The highest BCUT2D eigenvalue weighted by Gasteiger charge is 2.53. The van der Waals surface area contributed by atoms with Gasteiger partial charge in [-0.25, -0.2) is 8.42 Å². The number of nitrogens with one attached hydrogen (secondary N) is 1. The van der Waals surface area contributed by atoms with Gasteiger partial charge in [-0.2, -0.15) is 0 Å². The minimum atomic E-state index is -3.79. The van der Waals surface area contributed by atoms with E-state index in [0.717, 1.165) is 37.9 Å². The third-order valence-electron chi connectivity index (χ3n) is 7.36. The minimum Gasteiger partial charge on any atom is -0.351 e. The number of likely N-dealkylation sites (tertiary alicyclic amines) is 1. The second-order valence-electron chi connectivity index (χ2n) is 9.51. The zero-order valence-electron chi connectivity index (χ0n) is 19.3. The summed E-state index contributed by atoms with van der Waals surface area (Å²) in [4.78, 5) is 16.2. The Morgan fingerprint density at radius 2 is 1.78 bits per heavy atom. The lowest BCUT2D eigenvalue weighted by Gasteiger charge is -2.30. The summed E-state index contributed by atoms with van der Waals surface area (Å²) in [5, 5.41) is 3.15. The number of nitrogens with zero attached hydrogens (tertiary/aromatic N) is 1. The number of carbonyl (C=O) groups excluding carboxylic acids is 1. The summed E-state index contributed by atoms with van der Waals surface area (Å²) in [7, 11) is -3.79. The maximum Gasteiger partial charge on any atom is 0.242 e. The number of sulfone groups is 1. The molecule has 1 heterocycles. The number of aryl methyl sites for hydroxylation is 2. The number of rotatable bonds is 6. The van der Waals surface area contributed by atoms with Gasteiger partial charge in [-0.1, -0.05) is 55.3 Å². The molecule has 1 amide bonds. The molecule has 2 aromatic carbocycles. The van der Waals surface area contributed by atoms with Crippen molar-refractivity contribution in [3.8, 4) is 0 Å². The van der Waals surface area contributed by atoms with Crippen LogP contribution in [-0.4, -0.2) is 43.1 Å². The van der Waals surface area contributed by atoms with Gasteiger partial charge in [0.1, 0.15) is 0 Å². The van der Waals surface area contributed by atoms with Crippen molar-refractivity contribution in [1.29, 1.82) is 0 Å². The first-order chi connectivity index (χ1) is 15.2. The van der Waals surface area contributed by atoms with Gasteiger partial charge in [0, 0.05) is 25.2 Å². The van der Waals surface area contributed by atoms with Crippen LogP contribution in [0.2, 0.25) is 0 Å². The lowest BCUT2D eigenvalue weighted by molar-refractivity contribution is -0.124. The van der Waals surface area contributed by atoms with Crippen LogP contribution in [0.15, 0.2) is 53.4 Å². The van der Waals surface area contributed by atoms with Crippen molar-refractivity contribution < 1.29 is 13.2 Å². The van der Waals surface area contributed by atoms with E-state index in [-0.39, 0.29) is 18.0 Å². The predicted molar refractivity (Wildman–Crippen MR) is 127 cm³/mol. The van der Waals surface area contributed by atoms with Crippen LogP contribution in [0.25, 0.3) is 0 Å². The highest BCUT2D eigenvalue weighted by Crippen LogP contribution is 2.42. The molecule has 5 nitrogen and oxygen atoms in total. The van der Waals surface area contributed by atoms with Crippen molar-refractivity contribution in [1.82, 2.24) is 10.2 Å². The zero-order chi connectivity index (χ0) is 22.9. The van der Waals surface area contributed by atoms with E-state index >= 15 is 0 Å². The normalized spacial score (nSPS) is 22.0. The van der Waals surface area contributed by atoms with E-state index < -0.39 is 14.6 Å². The molecule has 2 aliphatic rings. The molecule has 0 spiro atoms. The smallest absolute Gasteiger partial charge is 0.242 e. The van der Waals surface area contributed by atoms with E-state index in [2.05, 4.69) is 29.3 Å². The molecule has 2 fully saturated rings. The van der Waals surface area contributed by atoms with Gasteiger partial charge in [0.2, 0.25) is 5.91 Å². The number of hydrogen-bond donors (Lipinski definition) is 1. The SMILES string of the molecule is Cc1ccc(C)c(S(=O)(=O)C2(C(=O)NC3CCN(C(C)c4ccccc4)C3)CCCC2)c1. The molecule has 2 unspecified atom stereocenters. The lowest BCUT2D eigenvalue weighted by atomic mass is 10.1. The average molecular weight is 455 g/mol. The predicted octanol–water partition coefficient (Wildman–Crippen LogP) is 4.34. The highest BCUT2D eigenvalue weighted by atomic mass is 32.2. The minimum absolute atomic E-state index is 0.0278. The summed E-state index contributed by atoms with van der Waals surface area (Å²) in [5.41, 5.74) is 2.85. The molecule has 0 radical (unpaired) electrons. The molecule has 0 bridgehead atoms. The van der Waals surface area contributed by atoms with Crippen molar-refractivity contribution in [2.24, 2.45) is 0 Å². The van der Waals surface area contributed by atoms with Gasteiger partial charge in [-0.05, 0) is 62.8 Å². The molecule has 4 rings (SSSR count). The number of benzene rings is 2.